The molecule has 0 spiro atoms. The molecule has 1 saturated heterocycles. The predicted octanol–water partition coefficient (Wildman–Crippen LogP) is 0.913. The van der Waals surface area contributed by atoms with Gasteiger partial charge in [-0.1, -0.05) is 12.2 Å². The van der Waals surface area contributed by atoms with Gasteiger partial charge in [-0.25, -0.2) is 0 Å². The van der Waals surface area contributed by atoms with Crippen LogP contribution in [0, 0.1) is 0 Å². The van der Waals surface area contributed by atoms with E-state index >= 15 is 0 Å². The maximum Gasteiger partial charge on any atom is 0.254 e. The van der Waals surface area contributed by atoms with Crippen molar-refractivity contribution >= 4 is 5.91 Å². The Morgan fingerprint density at radius 3 is 2.74 bits per heavy atom. The fraction of sp³-hybridized carbons (Fsp3) is 0.471. The van der Waals surface area contributed by atoms with Crippen LogP contribution in [-0.4, -0.2) is 46.6 Å². The van der Waals surface area contributed by atoms with Gasteiger partial charge >= 0.3 is 0 Å². The molecule has 2 bridgehead atoms. The highest BCUT2D eigenvalue weighted by Gasteiger charge is 2.37. The average Bonchev–Trinajstić information content (AvgIpc) is 2.90. The summed E-state index contributed by atoms with van der Waals surface area (Å²) in [5.74, 6) is 0.979. The Hall–Kier alpha value is -2.05. The Bertz CT molecular complexity index is 686. The number of hydrogen-bond donors (Lipinski definition) is 2. The van der Waals surface area contributed by atoms with Crippen LogP contribution in [0.4, 0.5) is 0 Å². The van der Waals surface area contributed by atoms with E-state index in [1.807, 2.05) is 12.1 Å². The highest BCUT2D eigenvalue weighted by atomic mass is 16.7. The molecule has 0 saturated carbocycles. The zero-order valence-corrected chi connectivity index (χ0v) is 12.7. The van der Waals surface area contributed by atoms with Crippen LogP contribution < -0.4 is 9.47 Å². The van der Waals surface area contributed by atoms with Crippen molar-refractivity contribution in [1.82, 2.24) is 4.90 Å². The van der Waals surface area contributed by atoms with Crippen molar-refractivity contribution in [2.75, 3.05) is 13.3 Å². The van der Waals surface area contributed by atoms with Gasteiger partial charge in [-0.2, -0.15) is 0 Å². The van der Waals surface area contributed by atoms with E-state index in [4.69, 9.17) is 9.47 Å². The Kier molecular flexibility index (Phi) is 3.32. The number of benzene rings is 1. The molecule has 6 heteroatoms. The van der Waals surface area contributed by atoms with E-state index in [9.17, 15) is 15.0 Å². The lowest BCUT2D eigenvalue weighted by Crippen LogP contribution is -2.44. The molecule has 6 nitrogen and oxygen atoms in total. The van der Waals surface area contributed by atoms with E-state index < -0.39 is 18.1 Å². The number of fused-ring (bicyclic) bond motifs is 6. The third kappa shape index (κ3) is 2.29. The third-order valence-electron chi connectivity index (χ3n) is 4.95. The SMILES string of the molecule is C=C1C[C@@H](O)[C@H](O)C(=O)N2CC[C@H]1c1cc3c(cc1C2)OCO3. The number of nitrogens with zero attached hydrogens (tertiary/aromatic N) is 1. The lowest BCUT2D eigenvalue weighted by atomic mass is 9.84. The van der Waals surface area contributed by atoms with Crippen LogP contribution >= 0.6 is 0 Å². The monoisotopic (exact) mass is 317 g/mol. The Morgan fingerprint density at radius 1 is 1.22 bits per heavy atom. The minimum atomic E-state index is -1.40. The normalized spacial score (nSPS) is 29.7. The number of carbonyl (C=O) groups excluding carboxylic acids is 1. The summed E-state index contributed by atoms with van der Waals surface area (Å²) in [5, 5.41) is 20.2. The maximum atomic E-state index is 12.5. The zero-order chi connectivity index (χ0) is 16.1. The molecule has 4 rings (SSSR count). The molecule has 0 aliphatic carbocycles. The molecule has 1 amide bonds. The summed E-state index contributed by atoms with van der Waals surface area (Å²) < 4.78 is 10.9. The summed E-state index contributed by atoms with van der Waals surface area (Å²) in [6.45, 7) is 5.21. The first kappa shape index (κ1) is 14.5. The number of ether oxygens (including phenoxy) is 2. The van der Waals surface area contributed by atoms with Gasteiger partial charge in [-0.15, -0.1) is 0 Å². The highest BCUT2D eigenvalue weighted by molar-refractivity contribution is 5.81. The molecule has 23 heavy (non-hydrogen) atoms. The molecule has 1 fully saturated rings. The number of aliphatic hydroxyl groups is 2. The lowest BCUT2D eigenvalue weighted by molar-refractivity contribution is -0.146. The fourth-order valence-corrected chi connectivity index (χ4v) is 3.67. The van der Waals surface area contributed by atoms with Gasteiger partial charge in [0.1, 0.15) is 0 Å². The smallest absolute Gasteiger partial charge is 0.254 e. The first-order chi connectivity index (χ1) is 11.0. The molecule has 3 aliphatic heterocycles. The van der Waals surface area contributed by atoms with Crippen molar-refractivity contribution in [3.8, 4) is 11.5 Å². The molecule has 0 unspecified atom stereocenters. The topological polar surface area (TPSA) is 79.2 Å². The quantitative estimate of drug-likeness (QED) is 0.696. The summed E-state index contributed by atoms with van der Waals surface area (Å²) in [6.07, 6.45) is -1.59. The highest BCUT2D eigenvalue weighted by Crippen LogP contribution is 2.43. The van der Waals surface area contributed by atoms with E-state index in [2.05, 4.69) is 6.58 Å². The minimum absolute atomic E-state index is 0.0252. The molecule has 1 aromatic rings. The van der Waals surface area contributed by atoms with Crippen LogP contribution in [0.3, 0.4) is 0 Å². The summed E-state index contributed by atoms with van der Waals surface area (Å²) in [4.78, 5) is 14.1. The second-order valence-corrected chi connectivity index (χ2v) is 6.38. The van der Waals surface area contributed by atoms with Crippen LogP contribution in [0.1, 0.15) is 29.9 Å². The number of aliphatic hydroxyl groups excluding tert-OH is 2. The van der Waals surface area contributed by atoms with Crippen LogP contribution in [0.5, 0.6) is 11.5 Å². The van der Waals surface area contributed by atoms with Crippen molar-refractivity contribution < 1.29 is 24.5 Å². The van der Waals surface area contributed by atoms with Crippen molar-refractivity contribution in [2.45, 2.75) is 37.5 Å². The third-order valence-corrected chi connectivity index (χ3v) is 4.95. The molecule has 0 aromatic heterocycles. The molecule has 3 heterocycles. The first-order valence-corrected chi connectivity index (χ1v) is 7.79. The standard InChI is InChI=1S/C17H19NO5/c1-9-4-13(19)16(20)17(21)18-3-2-11(9)12-6-15-14(22-8-23-15)5-10(12)7-18/h5-6,11,13,16,19-20H,1-4,7-8H2/t11-,13-,16+/m1/s1. The Balaban J connectivity index is 1.84. The van der Waals surface area contributed by atoms with Crippen LogP contribution in [0.2, 0.25) is 0 Å². The second kappa shape index (κ2) is 5.25. The predicted molar refractivity (Wildman–Crippen MR) is 81.1 cm³/mol. The molecule has 3 atom stereocenters. The minimum Gasteiger partial charge on any atom is -0.454 e. The van der Waals surface area contributed by atoms with Gasteiger partial charge in [0.15, 0.2) is 17.6 Å². The summed E-state index contributed by atoms with van der Waals surface area (Å²) in [7, 11) is 0. The van der Waals surface area contributed by atoms with Gasteiger partial charge in [-0.3, -0.25) is 4.79 Å². The average molecular weight is 317 g/mol. The first-order valence-electron chi connectivity index (χ1n) is 7.79. The van der Waals surface area contributed by atoms with Crippen LogP contribution in [0.25, 0.3) is 0 Å². The van der Waals surface area contributed by atoms with E-state index in [0.717, 1.165) is 23.1 Å². The molecule has 122 valence electrons. The van der Waals surface area contributed by atoms with Gasteiger partial charge in [0, 0.05) is 19.0 Å². The second-order valence-electron chi connectivity index (χ2n) is 6.38. The Morgan fingerprint density at radius 2 is 1.96 bits per heavy atom. The van der Waals surface area contributed by atoms with Gasteiger partial charge < -0.3 is 24.6 Å². The maximum absolute atomic E-state index is 12.5. The summed E-state index contributed by atoms with van der Waals surface area (Å²) in [6, 6.07) is 3.87. The van der Waals surface area contributed by atoms with Crippen LogP contribution in [0.15, 0.2) is 24.3 Å². The molecule has 1 aromatic carbocycles. The van der Waals surface area contributed by atoms with Crippen molar-refractivity contribution in [2.24, 2.45) is 0 Å². The van der Waals surface area contributed by atoms with E-state index in [-0.39, 0.29) is 19.1 Å². The van der Waals surface area contributed by atoms with E-state index in [1.165, 1.54) is 0 Å². The van der Waals surface area contributed by atoms with Gasteiger partial charge in [0.2, 0.25) is 6.79 Å². The van der Waals surface area contributed by atoms with Crippen molar-refractivity contribution in [3.05, 3.63) is 35.4 Å². The van der Waals surface area contributed by atoms with Crippen molar-refractivity contribution in [1.29, 1.82) is 0 Å². The fourth-order valence-electron chi connectivity index (χ4n) is 3.67. The van der Waals surface area contributed by atoms with Gasteiger partial charge in [-0.05, 0) is 36.1 Å². The van der Waals surface area contributed by atoms with Gasteiger partial charge in [0.05, 0.1) is 6.10 Å². The van der Waals surface area contributed by atoms with Crippen molar-refractivity contribution in [3.63, 3.8) is 0 Å². The molecule has 2 N–H and O–H groups in total. The largest absolute Gasteiger partial charge is 0.454 e. The molecular formula is C17H19NO5. The Labute approximate surface area is 133 Å². The molecular weight excluding hydrogens is 298 g/mol. The summed E-state index contributed by atoms with van der Waals surface area (Å²) in [5.41, 5.74) is 2.88. The molecule has 3 aliphatic rings. The zero-order valence-electron chi connectivity index (χ0n) is 12.7. The van der Waals surface area contributed by atoms with Gasteiger partial charge in [0.25, 0.3) is 5.91 Å². The number of carbonyl (C=O) groups is 1. The molecule has 0 radical (unpaired) electrons. The van der Waals surface area contributed by atoms with E-state index in [0.29, 0.717) is 24.6 Å². The number of rotatable bonds is 0. The van der Waals surface area contributed by atoms with Crippen LogP contribution in [-0.2, 0) is 11.3 Å². The number of amides is 1. The number of hydrogen-bond acceptors (Lipinski definition) is 5. The summed E-state index contributed by atoms with van der Waals surface area (Å²) >= 11 is 0. The van der Waals surface area contributed by atoms with E-state index in [1.54, 1.807) is 4.90 Å². The lowest BCUT2D eigenvalue weighted by Gasteiger charge is -2.27.